The van der Waals surface area contributed by atoms with Crippen molar-refractivity contribution in [1.82, 2.24) is 0 Å². The molecule has 18 heavy (non-hydrogen) atoms. The average Bonchev–Trinajstić information content (AvgIpc) is 3.17. The van der Waals surface area contributed by atoms with Gasteiger partial charge >= 0.3 is 0 Å². The largest absolute Gasteiger partial charge is 0.390 e. The minimum absolute atomic E-state index is 0.466. The predicted octanol–water partition coefficient (Wildman–Crippen LogP) is 1.33. The van der Waals surface area contributed by atoms with Crippen molar-refractivity contribution in [3.8, 4) is 0 Å². The molecule has 2 fully saturated rings. The normalized spacial score (nSPS) is 26.6. The lowest BCUT2D eigenvalue weighted by atomic mass is 9.83. The van der Waals surface area contributed by atoms with Gasteiger partial charge in [-0.3, -0.25) is 4.79 Å². The molecule has 0 aromatic carbocycles. The van der Waals surface area contributed by atoms with Crippen molar-refractivity contribution in [2.75, 3.05) is 0 Å². The number of hydrogen-bond acceptors (Lipinski definition) is 3. The number of rotatable bonds is 6. The number of primary amides is 1. The van der Waals surface area contributed by atoms with Crippen LogP contribution in [0.5, 0.6) is 0 Å². The van der Waals surface area contributed by atoms with E-state index in [4.69, 9.17) is 5.73 Å². The van der Waals surface area contributed by atoms with Crippen molar-refractivity contribution in [3.63, 3.8) is 0 Å². The maximum absolute atomic E-state index is 11.3. The summed E-state index contributed by atoms with van der Waals surface area (Å²) in [6.07, 6.45) is 7.37. The number of carbonyl (C=O) groups excluding carboxylic acids is 1. The van der Waals surface area contributed by atoms with Crippen LogP contribution in [0.2, 0.25) is 0 Å². The quantitative estimate of drug-likeness (QED) is 0.669. The number of aliphatic hydroxyl groups is 2. The predicted molar refractivity (Wildman–Crippen MR) is 68.7 cm³/mol. The molecule has 0 aromatic heterocycles. The Morgan fingerprint density at radius 3 is 2.33 bits per heavy atom. The van der Waals surface area contributed by atoms with Crippen LogP contribution in [-0.2, 0) is 4.79 Å². The molecule has 1 amide bonds. The zero-order chi connectivity index (χ0) is 13.2. The van der Waals surface area contributed by atoms with Gasteiger partial charge in [0.05, 0.1) is 17.6 Å². The molecule has 0 spiro atoms. The van der Waals surface area contributed by atoms with Gasteiger partial charge in [-0.15, -0.1) is 0 Å². The van der Waals surface area contributed by atoms with E-state index < -0.39 is 23.5 Å². The number of nitrogens with two attached hydrogens (primary N) is 1. The first-order valence-electron chi connectivity index (χ1n) is 7.22. The van der Waals surface area contributed by atoms with Gasteiger partial charge in [-0.1, -0.05) is 32.1 Å². The van der Waals surface area contributed by atoms with E-state index in [9.17, 15) is 15.0 Å². The first-order valence-corrected chi connectivity index (χ1v) is 7.22. The van der Waals surface area contributed by atoms with E-state index in [-0.39, 0.29) is 0 Å². The van der Waals surface area contributed by atoms with Gasteiger partial charge in [0.1, 0.15) is 0 Å². The fourth-order valence-corrected chi connectivity index (χ4v) is 3.23. The van der Waals surface area contributed by atoms with Gasteiger partial charge in [-0.2, -0.15) is 0 Å². The van der Waals surface area contributed by atoms with Crippen LogP contribution in [-0.4, -0.2) is 28.3 Å². The van der Waals surface area contributed by atoms with Gasteiger partial charge in [0.25, 0.3) is 0 Å². The Balaban J connectivity index is 1.77. The smallest absolute Gasteiger partial charge is 0.226 e. The summed E-state index contributed by atoms with van der Waals surface area (Å²) < 4.78 is 0. The molecule has 2 aliphatic rings. The van der Waals surface area contributed by atoms with E-state index >= 15 is 0 Å². The summed E-state index contributed by atoms with van der Waals surface area (Å²) in [4.78, 5) is 11.3. The monoisotopic (exact) mass is 255 g/mol. The molecule has 0 unspecified atom stereocenters. The minimum atomic E-state index is -0.974. The summed E-state index contributed by atoms with van der Waals surface area (Å²) in [5.74, 6) is 0.219. The maximum Gasteiger partial charge on any atom is 0.226 e. The molecule has 2 aliphatic carbocycles. The van der Waals surface area contributed by atoms with Crippen LogP contribution >= 0.6 is 0 Å². The molecule has 0 bridgehead atoms. The highest BCUT2D eigenvalue weighted by Crippen LogP contribution is 2.49. The van der Waals surface area contributed by atoms with Crippen LogP contribution in [0.1, 0.15) is 57.8 Å². The topological polar surface area (TPSA) is 83.6 Å². The molecular weight excluding hydrogens is 230 g/mol. The van der Waals surface area contributed by atoms with Crippen molar-refractivity contribution < 1.29 is 15.0 Å². The van der Waals surface area contributed by atoms with E-state index in [2.05, 4.69) is 0 Å². The fourth-order valence-electron chi connectivity index (χ4n) is 3.23. The SMILES string of the molecule is NC(=O)C1([C@H](O)[C@H](O)CCC2CCCCC2)CC1. The Morgan fingerprint density at radius 2 is 1.83 bits per heavy atom. The molecule has 4 heteroatoms. The molecule has 4 nitrogen and oxygen atoms in total. The Morgan fingerprint density at radius 1 is 1.22 bits per heavy atom. The van der Waals surface area contributed by atoms with Crippen LogP contribution in [0.15, 0.2) is 0 Å². The third-order valence-electron chi connectivity index (χ3n) is 4.81. The molecule has 0 aliphatic heterocycles. The number of carbonyl (C=O) groups is 1. The van der Waals surface area contributed by atoms with Crippen LogP contribution in [0.25, 0.3) is 0 Å². The van der Waals surface area contributed by atoms with E-state index in [0.29, 0.717) is 25.2 Å². The molecular formula is C14H25NO3. The Kier molecular flexibility index (Phi) is 4.28. The number of hydrogen-bond donors (Lipinski definition) is 3. The Hall–Kier alpha value is -0.610. The first-order chi connectivity index (χ1) is 8.56. The Labute approximate surface area is 109 Å². The molecule has 2 rings (SSSR count). The van der Waals surface area contributed by atoms with Gasteiger partial charge in [0.2, 0.25) is 5.91 Å². The second-order valence-corrected chi connectivity index (χ2v) is 6.11. The highest BCUT2D eigenvalue weighted by atomic mass is 16.3. The molecule has 2 atom stereocenters. The van der Waals surface area contributed by atoms with E-state index in [1.165, 1.54) is 32.1 Å². The third-order valence-corrected chi connectivity index (χ3v) is 4.81. The molecule has 0 radical (unpaired) electrons. The van der Waals surface area contributed by atoms with Gasteiger partial charge in [0.15, 0.2) is 0 Å². The Bertz CT molecular complexity index is 295. The summed E-state index contributed by atoms with van der Waals surface area (Å²) in [6.45, 7) is 0. The molecule has 104 valence electrons. The van der Waals surface area contributed by atoms with E-state index in [1.54, 1.807) is 0 Å². The third kappa shape index (κ3) is 2.86. The zero-order valence-corrected chi connectivity index (χ0v) is 11.0. The highest BCUT2D eigenvalue weighted by molar-refractivity contribution is 5.84. The molecule has 2 saturated carbocycles. The maximum atomic E-state index is 11.3. The molecule has 4 N–H and O–H groups in total. The van der Waals surface area contributed by atoms with Gasteiger partial charge < -0.3 is 15.9 Å². The van der Waals surface area contributed by atoms with Crippen molar-refractivity contribution in [2.24, 2.45) is 17.1 Å². The van der Waals surface area contributed by atoms with Crippen molar-refractivity contribution in [2.45, 2.75) is 70.0 Å². The molecule has 0 aromatic rings. The second kappa shape index (κ2) is 5.57. The lowest BCUT2D eigenvalue weighted by Gasteiger charge is -2.27. The standard InChI is InChI=1S/C14H25NO3/c15-13(18)14(8-9-14)12(17)11(16)7-6-10-4-2-1-3-5-10/h10-12,16-17H,1-9H2,(H2,15,18)/t11-,12-/m1/s1. The minimum Gasteiger partial charge on any atom is -0.390 e. The summed E-state index contributed by atoms with van der Waals surface area (Å²) >= 11 is 0. The lowest BCUT2D eigenvalue weighted by Crippen LogP contribution is -2.42. The zero-order valence-electron chi connectivity index (χ0n) is 11.0. The van der Waals surface area contributed by atoms with Crippen molar-refractivity contribution in [1.29, 1.82) is 0 Å². The van der Waals surface area contributed by atoms with Crippen molar-refractivity contribution >= 4 is 5.91 Å². The number of amides is 1. The van der Waals surface area contributed by atoms with Gasteiger partial charge in [-0.25, -0.2) is 0 Å². The lowest BCUT2D eigenvalue weighted by molar-refractivity contribution is -0.131. The fraction of sp³-hybridized carbons (Fsp3) is 0.929. The van der Waals surface area contributed by atoms with Crippen LogP contribution < -0.4 is 5.73 Å². The van der Waals surface area contributed by atoms with Crippen LogP contribution in [0.4, 0.5) is 0 Å². The summed E-state index contributed by atoms with van der Waals surface area (Å²) in [5, 5.41) is 20.1. The summed E-state index contributed by atoms with van der Waals surface area (Å²) in [6, 6.07) is 0. The van der Waals surface area contributed by atoms with Gasteiger partial charge in [-0.05, 0) is 31.6 Å². The average molecular weight is 255 g/mol. The van der Waals surface area contributed by atoms with Crippen LogP contribution in [0.3, 0.4) is 0 Å². The highest BCUT2D eigenvalue weighted by Gasteiger charge is 2.56. The summed E-state index contributed by atoms with van der Waals surface area (Å²) in [5.41, 5.74) is 4.47. The van der Waals surface area contributed by atoms with Crippen LogP contribution in [0, 0.1) is 11.3 Å². The molecule has 0 heterocycles. The van der Waals surface area contributed by atoms with E-state index in [1.807, 2.05) is 0 Å². The van der Waals surface area contributed by atoms with Crippen molar-refractivity contribution in [3.05, 3.63) is 0 Å². The van der Waals surface area contributed by atoms with E-state index in [0.717, 1.165) is 6.42 Å². The second-order valence-electron chi connectivity index (χ2n) is 6.11. The van der Waals surface area contributed by atoms with Gasteiger partial charge in [0, 0.05) is 0 Å². The summed E-state index contributed by atoms with van der Waals surface area (Å²) in [7, 11) is 0. The molecule has 0 saturated heterocycles. The number of aliphatic hydroxyl groups excluding tert-OH is 2. The first kappa shape index (κ1) is 13.8.